The van der Waals surface area contributed by atoms with Crippen molar-refractivity contribution in [3.63, 3.8) is 0 Å². The van der Waals surface area contributed by atoms with E-state index in [0.29, 0.717) is 6.54 Å². The molecule has 0 bridgehead atoms. The van der Waals surface area contributed by atoms with Gasteiger partial charge in [0, 0.05) is 6.54 Å². The van der Waals surface area contributed by atoms with Crippen molar-refractivity contribution in [1.82, 2.24) is 4.90 Å². The zero-order chi connectivity index (χ0) is 13.8. The van der Waals surface area contributed by atoms with Crippen LogP contribution in [0.3, 0.4) is 0 Å². The van der Waals surface area contributed by atoms with Gasteiger partial charge in [-0.1, -0.05) is 19.1 Å². The fourth-order valence-electron chi connectivity index (χ4n) is 2.39. The third kappa shape index (κ3) is 3.07. The van der Waals surface area contributed by atoms with E-state index in [2.05, 4.69) is 6.92 Å². The standard InChI is InChI=1S/C15H21NO3/c1-4-8-16-10-14(19-11(2)15(16)17)12-6-5-7-13(9-12)18-3/h5-7,9,11,14H,4,8,10H2,1-3H3. The lowest BCUT2D eigenvalue weighted by molar-refractivity contribution is -0.160. The summed E-state index contributed by atoms with van der Waals surface area (Å²) in [5.74, 6) is 0.897. The van der Waals surface area contributed by atoms with Crippen LogP contribution in [0.25, 0.3) is 0 Å². The minimum absolute atomic E-state index is 0.0747. The fraction of sp³-hybridized carbons (Fsp3) is 0.533. The summed E-state index contributed by atoms with van der Waals surface area (Å²) in [6.45, 7) is 5.29. The van der Waals surface area contributed by atoms with Crippen molar-refractivity contribution in [2.24, 2.45) is 0 Å². The first-order valence-corrected chi connectivity index (χ1v) is 6.74. The highest BCUT2D eigenvalue weighted by Crippen LogP contribution is 2.28. The Morgan fingerprint density at radius 3 is 2.95 bits per heavy atom. The molecule has 1 aromatic carbocycles. The molecule has 4 nitrogen and oxygen atoms in total. The first-order chi connectivity index (χ1) is 9.15. The Bertz CT molecular complexity index is 447. The van der Waals surface area contributed by atoms with E-state index >= 15 is 0 Å². The van der Waals surface area contributed by atoms with E-state index in [-0.39, 0.29) is 18.1 Å². The predicted octanol–water partition coefficient (Wildman–Crippen LogP) is 2.39. The number of hydrogen-bond donors (Lipinski definition) is 0. The van der Waals surface area contributed by atoms with Gasteiger partial charge in [0.1, 0.15) is 18.0 Å². The second-order valence-electron chi connectivity index (χ2n) is 4.83. The van der Waals surface area contributed by atoms with Crippen molar-refractivity contribution >= 4 is 5.91 Å². The lowest BCUT2D eigenvalue weighted by Crippen LogP contribution is -2.47. The van der Waals surface area contributed by atoms with E-state index in [0.717, 1.165) is 24.3 Å². The van der Waals surface area contributed by atoms with Gasteiger partial charge in [0.15, 0.2) is 0 Å². The van der Waals surface area contributed by atoms with Crippen LogP contribution < -0.4 is 4.74 Å². The molecule has 1 heterocycles. The smallest absolute Gasteiger partial charge is 0.251 e. The number of benzene rings is 1. The van der Waals surface area contributed by atoms with E-state index in [9.17, 15) is 4.79 Å². The van der Waals surface area contributed by atoms with Gasteiger partial charge in [-0.2, -0.15) is 0 Å². The highest BCUT2D eigenvalue weighted by atomic mass is 16.5. The lowest BCUT2D eigenvalue weighted by atomic mass is 10.1. The zero-order valence-corrected chi connectivity index (χ0v) is 11.8. The average Bonchev–Trinajstić information content (AvgIpc) is 2.44. The molecule has 0 spiro atoms. The van der Waals surface area contributed by atoms with Crippen LogP contribution in [0.1, 0.15) is 31.9 Å². The molecule has 4 heteroatoms. The average molecular weight is 263 g/mol. The van der Waals surface area contributed by atoms with Crippen LogP contribution in [0.15, 0.2) is 24.3 Å². The molecule has 19 heavy (non-hydrogen) atoms. The summed E-state index contributed by atoms with van der Waals surface area (Å²) in [6.07, 6.45) is 0.509. The van der Waals surface area contributed by atoms with Crippen LogP contribution >= 0.6 is 0 Å². The SMILES string of the molecule is CCCN1CC(c2cccc(OC)c2)OC(C)C1=O. The number of amides is 1. The zero-order valence-electron chi connectivity index (χ0n) is 11.8. The van der Waals surface area contributed by atoms with Crippen LogP contribution in [-0.2, 0) is 9.53 Å². The van der Waals surface area contributed by atoms with E-state index < -0.39 is 0 Å². The molecular weight excluding hydrogens is 242 g/mol. The quantitative estimate of drug-likeness (QED) is 0.837. The van der Waals surface area contributed by atoms with Crippen LogP contribution in [0.4, 0.5) is 0 Å². The van der Waals surface area contributed by atoms with E-state index in [4.69, 9.17) is 9.47 Å². The van der Waals surface area contributed by atoms with Gasteiger partial charge in [0.2, 0.25) is 0 Å². The van der Waals surface area contributed by atoms with Crippen molar-refractivity contribution < 1.29 is 14.3 Å². The van der Waals surface area contributed by atoms with Gasteiger partial charge < -0.3 is 14.4 Å². The summed E-state index contributed by atoms with van der Waals surface area (Å²) in [5, 5.41) is 0. The highest BCUT2D eigenvalue weighted by Gasteiger charge is 2.32. The summed E-state index contributed by atoms with van der Waals surface area (Å²) >= 11 is 0. The van der Waals surface area contributed by atoms with Crippen molar-refractivity contribution in [1.29, 1.82) is 0 Å². The molecule has 2 unspecified atom stereocenters. The molecule has 2 atom stereocenters. The molecule has 1 amide bonds. The van der Waals surface area contributed by atoms with Crippen LogP contribution in [0, 0.1) is 0 Å². The van der Waals surface area contributed by atoms with Gasteiger partial charge in [-0.15, -0.1) is 0 Å². The van der Waals surface area contributed by atoms with Crippen molar-refractivity contribution in [2.75, 3.05) is 20.2 Å². The summed E-state index contributed by atoms with van der Waals surface area (Å²) in [6, 6.07) is 7.84. The molecule has 1 saturated heterocycles. The van der Waals surface area contributed by atoms with Crippen molar-refractivity contribution in [3.05, 3.63) is 29.8 Å². The second-order valence-corrected chi connectivity index (χ2v) is 4.83. The number of rotatable bonds is 4. The molecule has 2 rings (SSSR count). The molecule has 0 radical (unpaired) electrons. The van der Waals surface area contributed by atoms with Crippen LogP contribution in [-0.4, -0.2) is 37.1 Å². The van der Waals surface area contributed by atoms with Gasteiger partial charge >= 0.3 is 0 Å². The van der Waals surface area contributed by atoms with E-state index in [1.54, 1.807) is 7.11 Å². The lowest BCUT2D eigenvalue weighted by Gasteiger charge is -2.36. The molecular formula is C15H21NO3. The molecule has 1 fully saturated rings. The number of nitrogens with zero attached hydrogens (tertiary/aromatic N) is 1. The second kappa shape index (κ2) is 6.06. The number of methoxy groups -OCH3 is 1. The molecule has 1 aliphatic rings. The largest absolute Gasteiger partial charge is 0.497 e. The van der Waals surface area contributed by atoms with Gasteiger partial charge in [0.05, 0.1) is 13.7 Å². The number of ether oxygens (including phenoxy) is 2. The molecule has 1 aliphatic heterocycles. The van der Waals surface area contributed by atoms with Gasteiger partial charge in [-0.25, -0.2) is 0 Å². The number of carbonyl (C=O) groups is 1. The first-order valence-electron chi connectivity index (χ1n) is 6.74. The Kier molecular flexibility index (Phi) is 4.43. The molecule has 0 aliphatic carbocycles. The van der Waals surface area contributed by atoms with Crippen molar-refractivity contribution in [2.45, 2.75) is 32.5 Å². The summed E-state index contributed by atoms with van der Waals surface area (Å²) in [4.78, 5) is 13.9. The minimum Gasteiger partial charge on any atom is -0.497 e. The van der Waals surface area contributed by atoms with Crippen molar-refractivity contribution in [3.8, 4) is 5.75 Å². The molecule has 0 N–H and O–H groups in total. The first kappa shape index (κ1) is 13.9. The minimum atomic E-state index is -0.378. The highest BCUT2D eigenvalue weighted by molar-refractivity contribution is 5.81. The van der Waals surface area contributed by atoms with E-state index in [1.165, 1.54) is 0 Å². The molecule has 1 aromatic rings. The van der Waals surface area contributed by atoms with Gasteiger partial charge in [-0.3, -0.25) is 4.79 Å². The summed E-state index contributed by atoms with van der Waals surface area (Å²) in [7, 11) is 1.65. The molecule has 104 valence electrons. The Morgan fingerprint density at radius 1 is 1.47 bits per heavy atom. The summed E-state index contributed by atoms with van der Waals surface area (Å²) < 4.78 is 11.0. The molecule has 0 saturated carbocycles. The Hall–Kier alpha value is -1.55. The third-order valence-corrected chi connectivity index (χ3v) is 3.37. The monoisotopic (exact) mass is 263 g/mol. The molecule has 0 aromatic heterocycles. The Morgan fingerprint density at radius 2 is 2.26 bits per heavy atom. The maximum absolute atomic E-state index is 12.0. The summed E-state index contributed by atoms with van der Waals surface area (Å²) in [5.41, 5.74) is 1.06. The van der Waals surface area contributed by atoms with Crippen LogP contribution in [0.5, 0.6) is 5.75 Å². The topological polar surface area (TPSA) is 38.8 Å². The predicted molar refractivity (Wildman–Crippen MR) is 73.2 cm³/mol. The maximum Gasteiger partial charge on any atom is 0.251 e. The van der Waals surface area contributed by atoms with E-state index in [1.807, 2.05) is 36.1 Å². The number of morpholine rings is 1. The maximum atomic E-state index is 12.0. The van der Waals surface area contributed by atoms with Gasteiger partial charge in [-0.05, 0) is 31.0 Å². The van der Waals surface area contributed by atoms with Gasteiger partial charge in [0.25, 0.3) is 5.91 Å². The fourth-order valence-corrected chi connectivity index (χ4v) is 2.39. The number of carbonyl (C=O) groups excluding carboxylic acids is 1. The van der Waals surface area contributed by atoms with Crippen LogP contribution in [0.2, 0.25) is 0 Å². The Balaban J connectivity index is 2.17. The third-order valence-electron chi connectivity index (χ3n) is 3.37. The normalized spacial score (nSPS) is 23.5. The number of hydrogen-bond acceptors (Lipinski definition) is 3. The Labute approximate surface area is 114 Å².